The number of rotatable bonds is 8. The van der Waals surface area contributed by atoms with Gasteiger partial charge in [-0.1, -0.05) is 60.2 Å². The van der Waals surface area contributed by atoms with Gasteiger partial charge >= 0.3 is 12.0 Å². The Morgan fingerprint density at radius 3 is 2.37 bits per heavy atom. The summed E-state index contributed by atoms with van der Waals surface area (Å²) in [5, 5.41) is 14.1. The van der Waals surface area contributed by atoms with E-state index in [4.69, 9.17) is 9.47 Å². The van der Waals surface area contributed by atoms with E-state index in [1.165, 1.54) is 0 Å². The first-order chi connectivity index (χ1) is 19.7. The maximum atomic E-state index is 13.8. The molecule has 0 saturated heterocycles. The number of carbonyl (C=O) groups excluding carboxylic acids is 1. The summed E-state index contributed by atoms with van der Waals surface area (Å²) in [4.78, 5) is 37.3. The number of anilines is 1. The van der Waals surface area contributed by atoms with Crippen molar-refractivity contribution in [2.24, 2.45) is 0 Å². The van der Waals surface area contributed by atoms with Gasteiger partial charge in [0.2, 0.25) is 12.0 Å². The van der Waals surface area contributed by atoms with Crippen LogP contribution in [0, 0.1) is 20.8 Å². The lowest BCUT2D eigenvalue weighted by molar-refractivity contribution is -0.149. The van der Waals surface area contributed by atoms with Gasteiger partial charge in [0.1, 0.15) is 11.3 Å². The van der Waals surface area contributed by atoms with Crippen LogP contribution in [-0.4, -0.2) is 46.7 Å². The summed E-state index contributed by atoms with van der Waals surface area (Å²) in [6.07, 6.45) is -1.53. The lowest BCUT2D eigenvalue weighted by Gasteiger charge is -2.39. The molecule has 9 heteroatoms. The van der Waals surface area contributed by atoms with Crippen LogP contribution in [0.15, 0.2) is 78.9 Å². The Labute approximate surface area is 238 Å². The summed E-state index contributed by atoms with van der Waals surface area (Å²) in [7, 11) is 1.60. The fraction of sp³-hybridized carbons (Fsp3) is 0.250. The maximum absolute atomic E-state index is 13.8. The fourth-order valence-corrected chi connectivity index (χ4v) is 5.38. The minimum Gasteiger partial charge on any atom is -0.497 e. The van der Waals surface area contributed by atoms with Crippen LogP contribution >= 0.6 is 0 Å². The first-order valence-electron chi connectivity index (χ1n) is 13.3. The van der Waals surface area contributed by atoms with Crippen molar-refractivity contribution in [1.82, 2.24) is 15.3 Å². The SMILES string of the molecule is COc1ccc(CN2C(=O)CNC(c3cccc(C)c3)(C(Oc3nc(C)cc(C)n3)C(=O)O)c3ccccc32)cc1. The van der Waals surface area contributed by atoms with Crippen molar-refractivity contribution in [2.45, 2.75) is 39.0 Å². The molecule has 0 bridgehead atoms. The number of aliphatic carboxylic acids is 1. The molecule has 2 atom stereocenters. The molecular weight excluding hydrogens is 520 g/mol. The van der Waals surface area contributed by atoms with Crippen molar-refractivity contribution in [2.75, 3.05) is 18.6 Å². The molecule has 5 rings (SSSR count). The number of carbonyl (C=O) groups is 2. The predicted molar refractivity (Wildman–Crippen MR) is 154 cm³/mol. The highest BCUT2D eigenvalue weighted by atomic mass is 16.5. The fourth-order valence-electron chi connectivity index (χ4n) is 5.38. The molecular formula is C32H32N4O5. The normalized spacial score (nSPS) is 17.4. The summed E-state index contributed by atoms with van der Waals surface area (Å²) < 4.78 is 11.5. The molecule has 0 spiro atoms. The lowest BCUT2D eigenvalue weighted by Crippen LogP contribution is -2.58. The second-order valence-corrected chi connectivity index (χ2v) is 10.1. The lowest BCUT2D eigenvalue weighted by atomic mass is 9.76. The Morgan fingerprint density at radius 2 is 1.71 bits per heavy atom. The average Bonchev–Trinajstić information content (AvgIpc) is 3.07. The van der Waals surface area contributed by atoms with Crippen molar-refractivity contribution >= 4 is 17.6 Å². The number of carboxylic acids is 1. The van der Waals surface area contributed by atoms with E-state index in [2.05, 4.69) is 15.3 Å². The van der Waals surface area contributed by atoms with E-state index >= 15 is 0 Å². The van der Waals surface area contributed by atoms with Crippen LogP contribution < -0.4 is 19.7 Å². The summed E-state index contributed by atoms with van der Waals surface area (Å²) in [5.74, 6) is -0.728. The van der Waals surface area contributed by atoms with Gasteiger partial charge in [0.15, 0.2) is 0 Å². The number of carboxylic acid groups (broad SMARTS) is 1. The molecule has 2 unspecified atom stereocenters. The van der Waals surface area contributed by atoms with Crippen molar-refractivity contribution in [3.63, 3.8) is 0 Å². The van der Waals surface area contributed by atoms with Crippen LogP contribution in [0.1, 0.15) is 33.6 Å². The number of fused-ring (bicyclic) bond motifs is 1. The molecule has 0 aliphatic carbocycles. The third kappa shape index (κ3) is 5.49. The highest BCUT2D eigenvalue weighted by molar-refractivity contribution is 5.97. The minimum atomic E-state index is -1.53. The van der Waals surface area contributed by atoms with Gasteiger partial charge in [0.05, 0.1) is 20.2 Å². The number of nitrogens with zero attached hydrogens (tertiary/aromatic N) is 3. The highest BCUT2D eigenvalue weighted by Gasteiger charge is 2.52. The monoisotopic (exact) mass is 552 g/mol. The summed E-state index contributed by atoms with van der Waals surface area (Å²) in [6, 6.07) is 24.1. The number of para-hydroxylation sites is 1. The summed E-state index contributed by atoms with van der Waals surface area (Å²) in [6.45, 7) is 5.67. The van der Waals surface area contributed by atoms with E-state index in [-0.39, 0.29) is 25.0 Å². The molecule has 2 N–H and O–H groups in total. The molecule has 3 aromatic carbocycles. The zero-order chi connectivity index (χ0) is 29.1. The molecule has 0 fully saturated rings. The topological polar surface area (TPSA) is 114 Å². The van der Waals surface area contributed by atoms with E-state index in [0.29, 0.717) is 34.0 Å². The van der Waals surface area contributed by atoms with E-state index in [0.717, 1.165) is 11.1 Å². The number of benzene rings is 3. The molecule has 1 aromatic heterocycles. The number of amides is 1. The van der Waals surface area contributed by atoms with Crippen molar-refractivity contribution in [3.05, 3.63) is 113 Å². The third-order valence-corrected chi connectivity index (χ3v) is 7.21. The van der Waals surface area contributed by atoms with Gasteiger partial charge in [-0.05, 0) is 56.2 Å². The zero-order valence-electron chi connectivity index (χ0n) is 23.4. The average molecular weight is 553 g/mol. The molecule has 2 heterocycles. The largest absolute Gasteiger partial charge is 0.497 e. The molecule has 1 aliphatic heterocycles. The number of nitrogens with one attached hydrogen (secondary N) is 1. The van der Waals surface area contributed by atoms with Crippen molar-refractivity contribution < 1.29 is 24.2 Å². The Bertz CT molecular complexity index is 1570. The molecule has 0 saturated carbocycles. The number of ether oxygens (including phenoxy) is 2. The first kappa shape index (κ1) is 27.8. The van der Waals surface area contributed by atoms with Crippen LogP contribution in [0.3, 0.4) is 0 Å². The number of hydrogen-bond donors (Lipinski definition) is 2. The smallest absolute Gasteiger partial charge is 0.347 e. The Morgan fingerprint density at radius 1 is 1.00 bits per heavy atom. The first-order valence-corrected chi connectivity index (χ1v) is 13.3. The standard InChI is InChI=1S/C32H32N4O5/c1-20-8-7-9-24(16-20)32(29(30(38)39)41-31-34-21(2)17-22(3)35-31)26-10-5-6-11-27(26)36(28(37)18-33-32)19-23-12-14-25(40-4)15-13-23/h5-17,29,33H,18-19H2,1-4H3,(H,38,39). The van der Waals surface area contributed by atoms with Gasteiger partial charge < -0.3 is 19.5 Å². The number of aryl methyl sites for hydroxylation is 3. The molecule has 1 aliphatic rings. The Kier molecular flexibility index (Phi) is 7.72. The van der Waals surface area contributed by atoms with Gasteiger partial charge in [-0.2, -0.15) is 0 Å². The molecule has 4 aromatic rings. The predicted octanol–water partition coefficient (Wildman–Crippen LogP) is 4.32. The van der Waals surface area contributed by atoms with Gasteiger partial charge in [0, 0.05) is 22.6 Å². The van der Waals surface area contributed by atoms with E-state index in [9.17, 15) is 14.7 Å². The number of aromatic nitrogens is 2. The van der Waals surface area contributed by atoms with Crippen molar-refractivity contribution in [1.29, 1.82) is 0 Å². The van der Waals surface area contributed by atoms with Crippen LogP contribution in [0.4, 0.5) is 5.69 Å². The van der Waals surface area contributed by atoms with Gasteiger partial charge in [0.25, 0.3) is 0 Å². The number of hydrogen-bond acceptors (Lipinski definition) is 7. The molecule has 210 valence electrons. The van der Waals surface area contributed by atoms with E-state index in [1.807, 2.05) is 79.7 Å². The number of methoxy groups -OCH3 is 1. The molecule has 1 amide bonds. The summed E-state index contributed by atoms with van der Waals surface area (Å²) in [5.41, 5.74) is 3.45. The summed E-state index contributed by atoms with van der Waals surface area (Å²) >= 11 is 0. The Hall–Kier alpha value is -4.76. The Balaban J connectivity index is 1.71. The molecule has 0 radical (unpaired) electrons. The zero-order valence-corrected chi connectivity index (χ0v) is 23.4. The van der Waals surface area contributed by atoms with E-state index < -0.39 is 17.6 Å². The van der Waals surface area contributed by atoms with Gasteiger partial charge in [-0.15, -0.1) is 0 Å². The minimum absolute atomic E-state index is 0.0492. The molecule has 9 nitrogen and oxygen atoms in total. The van der Waals surface area contributed by atoms with Crippen molar-refractivity contribution in [3.8, 4) is 11.8 Å². The van der Waals surface area contributed by atoms with Crippen LogP contribution in [0.25, 0.3) is 0 Å². The van der Waals surface area contributed by atoms with Crippen LogP contribution in [0.5, 0.6) is 11.8 Å². The quantitative estimate of drug-likeness (QED) is 0.332. The van der Waals surface area contributed by atoms with Crippen LogP contribution in [0.2, 0.25) is 0 Å². The second-order valence-electron chi connectivity index (χ2n) is 10.1. The molecule has 41 heavy (non-hydrogen) atoms. The van der Waals surface area contributed by atoms with Crippen LogP contribution in [-0.2, 0) is 21.7 Å². The van der Waals surface area contributed by atoms with E-state index in [1.54, 1.807) is 31.9 Å². The van der Waals surface area contributed by atoms with Gasteiger partial charge in [-0.25, -0.2) is 14.8 Å². The maximum Gasteiger partial charge on any atom is 0.347 e. The van der Waals surface area contributed by atoms with Gasteiger partial charge in [-0.3, -0.25) is 10.1 Å². The highest BCUT2D eigenvalue weighted by Crippen LogP contribution is 2.42. The third-order valence-electron chi connectivity index (χ3n) is 7.21. The second kappa shape index (κ2) is 11.4.